The third-order valence-electron chi connectivity index (χ3n) is 6.76. The van der Waals surface area contributed by atoms with E-state index in [1.165, 1.54) is 53.4 Å². The number of nitrogens with zero attached hydrogens (tertiary/aromatic N) is 2. The second-order valence-electron chi connectivity index (χ2n) is 8.75. The Hall–Kier alpha value is -3.80. The van der Waals surface area contributed by atoms with Crippen LogP contribution >= 0.6 is 0 Å². The summed E-state index contributed by atoms with van der Waals surface area (Å²) in [5.74, 6) is -0.677. The van der Waals surface area contributed by atoms with Gasteiger partial charge in [0.2, 0.25) is 0 Å². The maximum Gasteiger partial charge on any atom is 0.258 e. The third kappa shape index (κ3) is 3.93. The number of benzene rings is 2. The minimum absolute atomic E-state index is 0.152. The Morgan fingerprint density at radius 3 is 1.27 bits per heavy atom. The smallest absolute Gasteiger partial charge is 0.258 e. The highest BCUT2D eigenvalue weighted by atomic mass is 16.2. The zero-order valence-electron chi connectivity index (χ0n) is 18.1. The van der Waals surface area contributed by atoms with Crippen LogP contribution in [0.3, 0.4) is 0 Å². The van der Waals surface area contributed by atoms with Crippen molar-refractivity contribution in [3.05, 3.63) is 84.0 Å². The molecule has 0 radical (unpaired) electrons. The predicted molar refractivity (Wildman–Crippen MR) is 125 cm³/mol. The van der Waals surface area contributed by atoms with Gasteiger partial charge in [0.05, 0.1) is 11.4 Å². The van der Waals surface area contributed by atoms with Gasteiger partial charge in [0.15, 0.2) is 0 Å². The zero-order chi connectivity index (χ0) is 22.9. The van der Waals surface area contributed by atoms with Crippen LogP contribution in [-0.2, 0) is 19.2 Å². The SMILES string of the molecule is O=C1C=CC(=O)N1c1ccc(C(c2ccc(N3C(=O)C=CC3=O)cc2)C2CCCCC2)cc1. The summed E-state index contributed by atoms with van der Waals surface area (Å²) in [7, 11) is 0. The van der Waals surface area contributed by atoms with Crippen molar-refractivity contribution in [1.29, 1.82) is 0 Å². The fraction of sp³-hybridized carbons (Fsp3) is 0.259. The summed E-state index contributed by atoms with van der Waals surface area (Å²) in [5.41, 5.74) is 3.38. The zero-order valence-corrected chi connectivity index (χ0v) is 18.1. The molecule has 1 aliphatic carbocycles. The topological polar surface area (TPSA) is 74.8 Å². The minimum atomic E-state index is -0.326. The van der Waals surface area contributed by atoms with E-state index in [0.29, 0.717) is 17.3 Å². The highest BCUT2D eigenvalue weighted by Crippen LogP contribution is 2.41. The van der Waals surface area contributed by atoms with E-state index in [1.807, 2.05) is 48.5 Å². The van der Waals surface area contributed by atoms with Crippen LogP contribution in [0.4, 0.5) is 11.4 Å². The van der Waals surface area contributed by atoms with Gasteiger partial charge in [0.25, 0.3) is 23.6 Å². The van der Waals surface area contributed by atoms with E-state index in [0.717, 1.165) is 24.0 Å². The number of amides is 4. The van der Waals surface area contributed by atoms with Gasteiger partial charge in [-0.1, -0.05) is 43.5 Å². The van der Waals surface area contributed by atoms with Crippen molar-refractivity contribution >= 4 is 35.0 Å². The van der Waals surface area contributed by atoms with E-state index in [-0.39, 0.29) is 29.5 Å². The molecule has 3 aliphatic rings. The number of imide groups is 2. The van der Waals surface area contributed by atoms with E-state index in [2.05, 4.69) is 0 Å². The summed E-state index contributed by atoms with van der Waals surface area (Å²) in [6.45, 7) is 0. The van der Waals surface area contributed by atoms with Crippen LogP contribution in [-0.4, -0.2) is 23.6 Å². The molecule has 2 aliphatic heterocycles. The Morgan fingerprint density at radius 2 is 0.909 bits per heavy atom. The summed E-state index contributed by atoms with van der Waals surface area (Å²) >= 11 is 0. The van der Waals surface area contributed by atoms with E-state index in [4.69, 9.17) is 0 Å². The molecule has 1 saturated carbocycles. The summed E-state index contributed by atoms with van der Waals surface area (Å²) in [6.07, 6.45) is 11.1. The average Bonchev–Trinajstić information content (AvgIpc) is 3.35. The largest absolute Gasteiger partial charge is 0.269 e. The van der Waals surface area contributed by atoms with Crippen molar-refractivity contribution in [2.45, 2.75) is 38.0 Å². The molecule has 0 saturated heterocycles. The van der Waals surface area contributed by atoms with Crippen molar-refractivity contribution in [3.8, 4) is 0 Å². The van der Waals surface area contributed by atoms with Gasteiger partial charge >= 0.3 is 0 Å². The summed E-state index contributed by atoms with van der Waals surface area (Å²) in [6, 6.07) is 15.3. The molecule has 1 fully saturated rings. The first-order valence-electron chi connectivity index (χ1n) is 11.3. The average molecular weight is 440 g/mol. The molecule has 0 unspecified atom stereocenters. The molecule has 6 heteroatoms. The number of rotatable bonds is 5. The van der Waals surface area contributed by atoms with Gasteiger partial charge in [-0.3, -0.25) is 19.2 Å². The molecule has 0 bridgehead atoms. The van der Waals surface area contributed by atoms with E-state index in [1.54, 1.807) is 0 Å². The fourth-order valence-corrected chi connectivity index (χ4v) is 5.18. The second kappa shape index (κ2) is 8.62. The van der Waals surface area contributed by atoms with Crippen LogP contribution in [0.1, 0.15) is 49.1 Å². The quantitative estimate of drug-likeness (QED) is 0.651. The van der Waals surface area contributed by atoms with Gasteiger partial charge < -0.3 is 0 Å². The van der Waals surface area contributed by atoms with E-state index < -0.39 is 0 Å². The number of carbonyl (C=O) groups is 4. The molecule has 0 N–H and O–H groups in total. The van der Waals surface area contributed by atoms with Crippen LogP contribution in [0.15, 0.2) is 72.8 Å². The Bertz CT molecular complexity index is 1050. The van der Waals surface area contributed by atoms with Crippen LogP contribution in [0.5, 0.6) is 0 Å². The first-order valence-corrected chi connectivity index (χ1v) is 11.3. The molecule has 4 amide bonds. The fourth-order valence-electron chi connectivity index (χ4n) is 5.18. The van der Waals surface area contributed by atoms with Crippen LogP contribution < -0.4 is 9.80 Å². The molecular weight excluding hydrogens is 416 g/mol. The molecule has 0 aromatic heterocycles. The molecule has 5 rings (SSSR count). The molecule has 6 nitrogen and oxygen atoms in total. The van der Waals surface area contributed by atoms with Crippen molar-refractivity contribution in [2.24, 2.45) is 5.92 Å². The monoisotopic (exact) mass is 440 g/mol. The van der Waals surface area contributed by atoms with Gasteiger partial charge in [-0.2, -0.15) is 0 Å². The molecular formula is C27H24N2O4. The van der Waals surface area contributed by atoms with Crippen molar-refractivity contribution in [3.63, 3.8) is 0 Å². The Balaban J connectivity index is 1.45. The lowest BCUT2D eigenvalue weighted by atomic mass is 9.73. The lowest BCUT2D eigenvalue weighted by molar-refractivity contribution is -0.121. The molecule has 33 heavy (non-hydrogen) atoms. The molecule has 2 heterocycles. The number of hydrogen-bond acceptors (Lipinski definition) is 4. The number of hydrogen-bond donors (Lipinski definition) is 0. The van der Waals surface area contributed by atoms with Crippen LogP contribution in [0.2, 0.25) is 0 Å². The third-order valence-corrected chi connectivity index (χ3v) is 6.76. The number of anilines is 2. The number of carbonyl (C=O) groups excluding carboxylic acids is 4. The maximum atomic E-state index is 12.0. The normalized spacial score (nSPS) is 18.9. The van der Waals surface area contributed by atoms with Gasteiger partial charge in [-0.05, 0) is 54.2 Å². The highest BCUT2D eigenvalue weighted by Gasteiger charge is 2.30. The van der Waals surface area contributed by atoms with Gasteiger partial charge in [-0.15, -0.1) is 0 Å². The summed E-state index contributed by atoms with van der Waals surface area (Å²) < 4.78 is 0. The lowest BCUT2D eigenvalue weighted by Crippen LogP contribution is -2.29. The molecule has 2 aromatic rings. The Morgan fingerprint density at radius 1 is 0.545 bits per heavy atom. The summed E-state index contributed by atoms with van der Waals surface area (Å²) in [4.78, 5) is 50.4. The Labute approximate surface area is 192 Å². The van der Waals surface area contributed by atoms with E-state index >= 15 is 0 Å². The van der Waals surface area contributed by atoms with Gasteiger partial charge in [-0.25, -0.2) is 9.80 Å². The van der Waals surface area contributed by atoms with Crippen molar-refractivity contribution < 1.29 is 19.2 Å². The highest BCUT2D eigenvalue weighted by molar-refractivity contribution is 6.28. The molecule has 0 atom stereocenters. The first kappa shape index (κ1) is 21.1. The van der Waals surface area contributed by atoms with Crippen LogP contribution in [0, 0.1) is 5.92 Å². The summed E-state index contributed by atoms with van der Waals surface area (Å²) in [5, 5.41) is 0. The maximum absolute atomic E-state index is 12.0. The van der Waals surface area contributed by atoms with Crippen molar-refractivity contribution in [1.82, 2.24) is 0 Å². The first-order chi connectivity index (χ1) is 16.0. The second-order valence-corrected chi connectivity index (χ2v) is 8.75. The van der Waals surface area contributed by atoms with Gasteiger partial charge in [0, 0.05) is 30.2 Å². The van der Waals surface area contributed by atoms with Gasteiger partial charge in [0.1, 0.15) is 0 Å². The Kier molecular flexibility index (Phi) is 5.50. The predicted octanol–water partition coefficient (Wildman–Crippen LogP) is 4.26. The minimum Gasteiger partial charge on any atom is -0.269 e. The lowest BCUT2D eigenvalue weighted by Gasteiger charge is -2.31. The molecule has 166 valence electrons. The van der Waals surface area contributed by atoms with Crippen molar-refractivity contribution in [2.75, 3.05) is 9.80 Å². The molecule has 2 aromatic carbocycles. The van der Waals surface area contributed by atoms with E-state index in [9.17, 15) is 19.2 Å². The standard InChI is InChI=1S/C27H24N2O4/c30-23-14-15-24(31)28(23)21-10-6-19(7-11-21)27(18-4-2-1-3-5-18)20-8-12-22(13-9-20)29-25(32)16-17-26(29)33/h6-18,27H,1-5H2. The van der Waals surface area contributed by atoms with Crippen LogP contribution in [0.25, 0.3) is 0 Å². The molecule has 0 spiro atoms.